The van der Waals surface area contributed by atoms with E-state index in [0.29, 0.717) is 0 Å². The lowest BCUT2D eigenvalue weighted by Gasteiger charge is -2.32. The van der Waals surface area contributed by atoms with Crippen LogP contribution in [0.1, 0.15) is 31.0 Å². The monoisotopic (exact) mass is 403 g/mol. The van der Waals surface area contributed by atoms with Crippen LogP contribution in [0.25, 0.3) is 0 Å². The molecule has 2 aromatic rings. The molecule has 0 bridgehead atoms. The van der Waals surface area contributed by atoms with E-state index in [1.165, 1.54) is 23.0 Å². The summed E-state index contributed by atoms with van der Waals surface area (Å²) in [6, 6.07) is 4.47. The van der Waals surface area contributed by atoms with Crippen LogP contribution in [0.2, 0.25) is 0 Å². The van der Waals surface area contributed by atoms with Gasteiger partial charge in [-0.25, -0.2) is 18.5 Å². The SMILES string of the molecule is CC(C)OC(=O)C1C(COCN)=Nc2c(C#N)cnn2C1c1cccc(F)c1F. The number of hydrogen-bond donors (Lipinski definition) is 1. The number of nitrogens with zero attached hydrogens (tertiary/aromatic N) is 4. The van der Waals surface area contributed by atoms with Crippen LogP contribution in [0.3, 0.4) is 0 Å². The van der Waals surface area contributed by atoms with E-state index in [9.17, 15) is 18.8 Å². The second kappa shape index (κ2) is 8.46. The molecule has 1 aliphatic heterocycles. The molecule has 0 saturated heterocycles. The van der Waals surface area contributed by atoms with E-state index in [1.54, 1.807) is 13.8 Å². The van der Waals surface area contributed by atoms with Gasteiger partial charge in [0, 0.05) is 5.56 Å². The molecule has 2 unspecified atom stereocenters. The molecule has 2 heterocycles. The van der Waals surface area contributed by atoms with E-state index < -0.39 is 35.7 Å². The normalized spacial score (nSPS) is 18.2. The van der Waals surface area contributed by atoms with Gasteiger partial charge in [0.15, 0.2) is 17.5 Å². The molecule has 0 radical (unpaired) electrons. The maximum Gasteiger partial charge on any atom is 0.317 e. The molecule has 1 aromatic carbocycles. The summed E-state index contributed by atoms with van der Waals surface area (Å²) in [7, 11) is 0. The summed E-state index contributed by atoms with van der Waals surface area (Å²) in [5, 5.41) is 13.5. The Hall–Kier alpha value is -3.16. The van der Waals surface area contributed by atoms with Crippen molar-refractivity contribution in [1.82, 2.24) is 9.78 Å². The number of hydrogen-bond acceptors (Lipinski definition) is 7. The summed E-state index contributed by atoms with van der Waals surface area (Å²) >= 11 is 0. The van der Waals surface area contributed by atoms with Crippen LogP contribution in [0, 0.1) is 28.9 Å². The van der Waals surface area contributed by atoms with Crippen LogP contribution >= 0.6 is 0 Å². The molecule has 0 saturated carbocycles. The quantitative estimate of drug-likeness (QED) is 0.584. The summed E-state index contributed by atoms with van der Waals surface area (Å²) in [4.78, 5) is 17.3. The van der Waals surface area contributed by atoms with E-state index in [-0.39, 0.29) is 36.0 Å². The van der Waals surface area contributed by atoms with Crippen LogP contribution in [-0.4, -0.2) is 40.9 Å². The average Bonchev–Trinajstić information content (AvgIpc) is 3.09. The third-order valence-corrected chi connectivity index (χ3v) is 4.35. The number of aliphatic imine (C=N–C) groups is 1. The number of fused-ring (bicyclic) bond motifs is 1. The van der Waals surface area contributed by atoms with E-state index >= 15 is 0 Å². The molecule has 152 valence electrons. The van der Waals surface area contributed by atoms with Crippen LogP contribution in [0.4, 0.5) is 14.6 Å². The molecule has 0 spiro atoms. The standard InChI is InChI=1S/C19H19F2N5O3/c1-10(2)29-19(27)15-14(8-28-9-23)25-18-11(6-22)7-24-26(18)17(15)12-4-3-5-13(20)16(12)21/h3-5,7,10,15,17H,8-9,23H2,1-2H3. The first-order chi connectivity index (χ1) is 13.9. The Labute approximate surface area is 165 Å². The van der Waals surface area contributed by atoms with Crippen LogP contribution in [-0.2, 0) is 14.3 Å². The zero-order valence-corrected chi connectivity index (χ0v) is 15.8. The number of aromatic nitrogens is 2. The van der Waals surface area contributed by atoms with Crippen molar-refractivity contribution < 1.29 is 23.0 Å². The van der Waals surface area contributed by atoms with E-state index in [2.05, 4.69) is 10.1 Å². The average molecular weight is 403 g/mol. The first-order valence-corrected chi connectivity index (χ1v) is 8.86. The Morgan fingerprint density at radius 2 is 2.17 bits per heavy atom. The maximum atomic E-state index is 14.7. The molecule has 10 heteroatoms. The summed E-state index contributed by atoms with van der Waals surface area (Å²) < 4.78 is 40.5. The number of halogens is 2. The fraction of sp³-hybridized carbons (Fsp3) is 0.368. The number of ether oxygens (including phenoxy) is 2. The molecular weight excluding hydrogens is 384 g/mol. The van der Waals surface area contributed by atoms with Crippen LogP contribution in [0.5, 0.6) is 0 Å². The number of rotatable bonds is 6. The predicted molar refractivity (Wildman–Crippen MR) is 98.3 cm³/mol. The second-order valence-corrected chi connectivity index (χ2v) is 6.61. The van der Waals surface area contributed by atoms with Crippen molar-refractivity contribution in [2.24, 2.45) is 16.6 Å². The Kier molecular flexibility index (Phi) is 6.00. The van der Waals surface area contributed by atoms with Crippen LogP contribution in [0.15, 0.2) is 29.4 Å². The third-order valence-electron chi connectivity index (χ3n) is 4.35. The number of carbonyl (C=O) groups is 1. The summed E-state index contributed by atoms with van der Waals surface area (Å²) in [5.41, 5.74) is 5.57. The second-order valence-electron chi connectivity index (χ2n) is 6.61. The molecular formula is C19H19F2N5O3. The Balaban J connectivity index is 2.23. The molecule has 0 amide bonds. The first kappa shape index (κ1) is 20.6. The van der Waals surface area contributed by atoms with E-state index in [0.717, 1.165) is 6.07 Å². The smallest absolute Gasteiger partial charge is 0.317 e. The number of esters is 1. The highest BCUT2D eigenvalue weighted by Gasteiger charge is 2.43. The maximum absolute atomic E-state index is 14.7. The Morgan fingerprint density at radius 1 is 1.41 bits per heavy atom. The number of benzene rings is 1. The fourth-order valence-corrected chi connectivity index (χ4v) is 3.19. The summed E-state index contributed by atoms with van der Waals surface area (Å²) in [6.07, 6.45) is 0.798. The fourth-order valence-electron chi connectivity index (χ4n) is 3.19. The van der Waals surface area contributed by atoms with Gasteiger partial charge in [-0.3, -0.25) is 4.79 Å². The van der Waals surface area contributed by atoms with Crippen molar-refractivity contribution in [3.05, 3.63) is 47.2 Å². The molecule has 1 aromatic heterocycles. The van der Waals surface area contributed by atoms with Crippen molar-refractivity contribution in [2.45, 2.75) is 26.0 Å². The molecule has 8 nitrogen and oxygen atoms in total. The van der Waals surface area contributed by atoms with Gasteiger partial charge in [0.2, 0.25) is 0 Å². The highest BCUT2D eigenvalue weighted by molar-refractivity contribution is 6.05. The van der Waals surface area contributed by atoms with Crippen molar-refractivity contribution in [3.8, 4) is 6.07 Å². The van der Waals surface area contributed by atoms with Gasteiger partial charge in [0.25, 0.3) is 0 Å². The lowest BCUT2D eigenvalue weighted by Crippen LogP contribution is -2.41. The first-order valence-electron chi connectivity index (χ1n) is 8.86. The minimum atomic E-state index is -1.15. The van der Waals surface area contributed by atoms with Gasteiger partial charge >= 0.3 is 5.97 Å². The third kappa shape index (κ3) is 3.87. The lowest BCUT2D eigenvalue weighted by atomic mass is 9.87. The minimum absolute atomic E-state index is 0.116. The van der Waals surface area contributed by atoms with Crippen molar-refractivity contribution in [1.29, 1.82) is 5.26 Å². The molecule has 29 heavy (non-hydrogen) atoms. The Morgan fingerprint density at radius 3 is 2.83 bits per heavy atom. The van der Waals surface area contributed by atoms with Gasteiger partial charge < -0.3 is 15.2 Å². The number of carbonyl (C=O) groups excluding carboxylic acids is 1. The van der Waals surface area contributed by atoms with Gasteiger partial charge in [-0.1, -0.05) is 12.1 Å². The zero-order chi connectivity index (χ0) is 21.1. The molecule has 3 rings (SSSR count). The molecule has 0 aliphatic carbocycles. The van der Waals surface area contributed by atoms with Crippen molar-refractivity contribution in [2.75, 3.05) is 13.3 Å². The van der Waals surface area contributed by atoms with Gasteiger partial charge in [0.1, 0.15) is 23.6 Å². The highest BCUT2D eigenvalue weighted by Crippen LogP contribution is 2.39. The summed E-state index contributed by atoms with van der Waals surface area (Å²) in [6.45, 7) is 3.03. The van der Waals surface area contributed by atoms with Gasteiger partial charge in [-0.15, -0.1) is 0 Å². The molecule has 2 N–H and O–H groups in total. The van der Waals surface area contributed by atoms with Crippen LogP contribution < -0.4 is 5.73 Å². The van der Waals surface area contributed by atoms with Crippen molar-refractivity contribution in [3.63, 3.8) is 0 Å². The minimum Gasteiger partial charge on any atom is -0.462 e. The molecule has 1 aliphatic rings. The predicted octanol–water partition coefficient (Wildman–Crippen LogP) is 2.21. The summed E-state index contributed by atoms with van der Waals surface area (Å²) in [5.74, 6) is -3.94. The van der Waals surface area contributed by atoms with Gasteiger partial charge in [0.05, 0.1) is 31.4 Å². The van der Waals surface area contributed by atoms with E-state index in [4.69, 9.17) is 15.2 Å². The lowest BCUT2D eigenvalue weighted by molar-refractivity contribution is -0.151. The van der Waals surface area contributed by atoms with Gasteiger partial charge in [-0.2, -0.15) is 10.4 Å². The number of nitriles is 1. The highest BCUT2D eigenvalue weighted by atomic mass is 19.2. The van der Waals surface area contributed by atoms with Gasteiger partial charge in [-0.05, 0) is 19.9 Å². The largest absolute Gasteiger partial charge is 0.462 e. The van der Waals surface area contributed by atoms with E-state index in [1.807, 2.05) is 6.07 Å². The Bertz CT molecular complexity index is 996. The zero-order valence-electron chi connectivity index (χ0n) is 15.8. The molecule has 0 fully saturated rings. The van der Waals surface area contributed by atoms with Crippen molar-refractivity contribution >= 4 is 17.5 Å². The number of nitrogens with two attached hydrogens (primary N) is 1. The topological polar surface area (TPSA) is 116 Å². The molecule has 2 atom stereocenters.